The Hall–Kier alpha value is 0.0500. The van der Waals surface area contributed by atoms with Crippen LogP contribution in [0.1, 0.15) is 84.5 Å². The first-order valence-corrected chi connectivity index (χ1v) is 13.1. The van der Waals surface area contributed by atoms with E-state index in [2.05, 4.69) is 13.8 Å². The highest BCUT2D eigenvalue weighted by Gasteiger charge is 2.13. The van der Waals surface area contributed by atoms with Crippen molar-refractivity contribution in [1.82, 2.24) is 0 Å². The van der Waals surface area contributed by atoms with Crippen LogP contribution >= 0.6 is 21.6 Å². The number of hydrogen-bond acceptors (Lipinski definition) is 7. The van der Waals surface area contributed by atoms with Crippen LogP contribution in [0.3, 0.4) is 0 Å². The molecule has 0 aromatic rings. The van der Waals surface area contributed by atoms with Gasteiger partial charge in [0, 0.05) is 24.8 Å². The summed E-state index contributed by atoms with van der Waals surface area (Å²) in [7, 11) is 3.14. The Morgan fingerprint density at radius 1 is 0.852 bits per heavy atom. The number of hydrogen-bond donors (Lipinski definition) is 1. The van der Waals surface area contributed by atoms with Crippen molar-refractivity contribution in [3.63, 3.8) is 0 Å². The monoisotopic (exact) mass is 423 g/mol. The molecular weight excluding hydrogens is 382 g/mol. The summed E-state index contributed by atoms with van der Waals surface area (Å²) in [6.45, 7) is 5.91. The second kappa shape index (κ2) is 22.3. The van der Waals surface area contributed by atoms with Crippen LogP contribution in [0.5, 0.6) is 0 Å². The molecule has 0 amide bonds. The van der Waals surface area contributed by atoms with E-state index in [1.54, 1.807) is 21.6 Å². The quantitative estimate of drug-likeness (QED) is 0.113. The molecule has 2 N–H and O–H groups in total. The predicted molar refractivity (Wildman–Crippen MR) is 118 cm³/mol. The Balaban J connectivity index is 3.97. The van der Waals surface area contributed by atoms with E-state index in [0.29, 0.717) is 31.3 Å². The third kappa shape index (κ3) is 20.6. The molecule has 0 aliphatic carbocycles. The van der Waals surface area contributed by atoms with Crippen molar-refractivity contribution in [2.75, 3.05) is 31.5 Å². The lowest BCUT2D eigenvalue weighted by Gasteiger charge is -2.19. The van der Waals surface area contributed by atoms with Gasteiger partial charge in [0.25, 0.3) is 0 Å². The van der Waals surface area contributed by atoms with Gasteiger partial charge in [0.15, 0.2) is 6.29 Å². The minimum absolute atomic E-state index is 0.178. The van der Waals surface area contributed by atoms with Gasteiger partial charge >= 0.3 is 5.97 Å². The summed E-state index contributed by atoms with van der Waals surface area (Å²) < 4.78 is 17.0. The molecule has 0 unspecified atom stereocenters. The number of carbonyl (C=O) groups is 1. The molecule has 0 aliphatic rings. The van der Waals surface area contributed by atoms with Crippen LogP contribution in [0.2, 0.25) is 0 Å². The minimum Gasteiger partial charge on any atom is -0.460 e. The van der Waals surface area contributed by atoms with Gasteiger partial charge in [-0.25, -0.2) is 0 Å². The van der Waals surface area contributed by atoms with E-state index in [4.69, 9.17) is 19.9 Å². The highest BCUT2D eigenvalue weighted by atomic mass is 33.1. The van der Waals surface area contributed by atoms with Gasteiger partial charge in [0.05, 0.1) is 6.42 Å². The lowest BCUT2D eigenvalue weighted by molar-refractivity contribution is -0.183. The largest absolute Gasteiger partial charge is 0.460 e. The molecule has 0 rings (SSSR count). The van der Waals surface area contributed by atoms with E-state index >= 15 is 0 Å². The van der Waals surface area contributed by atoms with Gasteiger partial charge in [-0.15, -0.1) is 0 Å². The van der Waals surface area contributed by atoms with Gasteiger partial charge < -0.3 is 19.9 Å². The number of esters is 1. The number of carbonyl (C=O) groups excluding carboxylic acids is 1. The van der Waals surface area contributed by atoms with Crippen molar-refractivity contribution in [3.05, 3.63) is 0 Å². The molecule has 0 saturated carbocycles. The molecule has 0 aromatic heterocycles. The lowest BCUT2D eigenvalue weighted by atomic mass is 10.2. The summed E-state index contributed by atoms with van der Waals surface area (Å²) in [6, 6.07) is 0. The van der Waals surface area contributed by atoms with Gasteiger partial charge in [-0.3, -0.25) is 4.79 Å². The highest BCUT2D eigenvalue weighted by molar-refractivity contribution is 8.76. The summed E-state index contributed by atoms with van der Waals surface area (Å²) in [5, 5.41) is 0. The SMILES string of the molecule is CCCCCCCOC(COC(=O)CCSSCN)OCCCCCCC. The van der Waals surface area contributed by atoms with E-state index in [0.717, 1.165) is 12.8 Å². The third-order valence-electron chi connectivity index (χ3n) is 4.02. The number of nitrogens with two attached hydrogens (primary N) is 1. The van der Waals surface area contributed by atoms with Crippen molar-refractivity contribution in [2.45, 2.75) is 90.8 Å². The van der Waals surface area contributed by atoms with E-state index in [1.165, 1.54) is 51.4 Å². The van der Waals surface area contributed by atoms with Crippen molar-refractivity contribution in [2.24, 2.45) is 5.73 Å². The summed E-state index contributed by atoms with van der Waals surface area (Å²) >= 11 is 0. The zero-order valence-electron chi connectivity index (χ0n) is 17.4. The van der Waals surface area contributed by atoms with Crippen LogP contribution < -0.4 is 5.73 Å². The van der Waals surface area contributed by atoms with Gasteiger partial charge in [-0.05, 0) is 12.8 Å². The zero-order chi connectivity index (χ0) is 20.0. The molecule has 0 radical (unpaired) electrons. The average molecular weight is 424 g/mol. The van der Waals surface area contributed by atoms with Crippen LogP contribution in [0, 0.1) is 0 Å². The van der Waals surface area contributed by atoms with Gasteiger partial charge in [-0.2, -0.15) is 0 Å². The van der Waals surface area contributed by atoms with Crippen LogP contribution in [0.4, 0.5) is 0 Å². The van der Waals surface area contributed by atoms with Crippen LogP contribution in [-0.2, 0) is 19.0 Å². The molecule has 0 aromatic carbocycles. The lowest BCUT2D eigenvalue weighted by Crippen LogP contribution is -2.26. The number of rotatable bonds is 21. The molecule has 27 heavy (non-hydrogen) atoms. The van der Waals surface area contributed by atoms with Gasteiger partial charge in [-0.1, -0.05) is 86.8 Å². The van der Waals surface area contributed by atoms with E-state index in [-0.39, 0.29) is 12.6 Å². The third-order valence-corrected chi connectivity index (χ3v) is 6.11. The van der Waals surface area contributed by atoms with Crippen LogP contribution in [0.25, 0.3) is 0 Å². The standard InChI is InChI=1S/C20H41NO4S2/c1-3-5-7-9-11-14-23-20(24-15-12-10-8-6-4-2)17-25-19(22)13-16-26-27-18-21/h20H,3-18,21H2,1-2H3. The predicted octanol–water partition coefficient (Wildman–Crippen LogP) is 5.52. The molecule has 0 aliphatic heterocycles. The number of unbranched alkanes of at least 4 members (excludes halogenated alkanes) is 8. The van der Waals surface area contributed by atoms with Crippen molar-refractivity contribution in [3.8, 4) is 0 Å². The Morgan fingerprint density at radius 2 is 1.41 bits per heavy atom. The maximum absolute atomic E-state index is 11.8. The normalized spacial score (nSPS) is 11.3. The second-order valence-corrected chi connectivity index (χ2v) is 9.17. The summed E-state index contributed by atoms with van der Waals surface area (Å²) in [5.41, 5.74) is 5.41. The molecular formula is C20H41NO4S2. The Morgan fingerprint density at radius 3 is 1.93 bits per heavy atom. The Labute approximate surface area is 174 Å². The van der Waals surface area contributed by atoms with Crippen molar-refractivity contribution >= 4 is 27.6 Å². The number of ether oxygens (including phenoxy) is 3. The molecule has 7 heteroatoms. The summed E-state index contributed by atoms with van der Waals surface area (Å²) in [5.74, 6) is 1.06. The van der Waals surface area contributed by atoms with Crippen molar-refractivity contribution < 1.29 is 19.0 Å². The van der Waals surface area contributed by atoms with E-state index in [9.17, 15) is 4.79 Å². The molecule has 162 valence electrons. The highest BCUT2D eigenvalue weighted by Crippen LogP contribution is 2.19. The molecule has 0 fully saturated rings. The van der Waals surface area contributed by atoms with E-state index < -0.39 is 6.29 Å². The Kier molecular flexibility index (Phi) is 22.4. The minimum atomic E-state index is -0.447. The first-order valence-electron chi connectivity index (χ1n) is 10.6. The molecule has 0 atom stereocenters. The summed E-state index contributed by atoms with van der Waals surface area (Å²) in [4.78, 5) is 11.8. The summed E-state index contributed by atoms with van der Waals surface area (Å²) in [6.07, 6.45) is 11.9. The van der Waals surface area contributed by atoms with Gasteiger partial charge in [0.2, 0.25) is 0 Å². The fraction of sp³-hybridized carbons (Fsp3) is 0.950. The fourth-order valence-electron chi connectivity index (χ4n) is 2.45. The maximum Gasteiger partial charge on any atom is 0.306 e. The molecule has 5 nitrogen and oxygen atoms in total. The maximum atomic E-state index is 11.8. The topological polar surface area (TPSA) is 70.8 Å². The fourth-order valence-corrected chi connectivity index (χ4v) is 3.81. The molecule has 0 spiro atoms. The van der Waals surface area contributed by atoms with Crippen molar-refractivity contribution in [1.29, 1.82) is 0 Å². The molecule has 0 saturated heterocycles. The molecule has 0 bridgehead atoms. The Bertz CT molecular complexity index is 306. The van der Waals surface area contributed by atoms with Gasteiger partial charge in [0.1, 0.15) is 6.61 Å². The second-order valence-electron chi connectivity index (χ2n) is 6.54. The van der Waals surface area contributed by atoms with E-state index in [1.807, 2.05) is 0 Å². The smallest absolute Gasteiger partial charge is 0.306 e. The first-order chi connectivity index (χ1) is 13.2. The van der Waals surface area contributed by atoms with Crippen LogP contribution in [-0.4, -0.2) is 43.7 Å². The first kappa shape index (κ1) is 27.0. The zero-order valence-corrected chi connectivity index (χ0v) is 19.1. The molecule has 0 heterocycles. The van der Waals surface area contributed by atoms with Crippen LogP contribution in [0.15, 0.2) is 0 Å². The average Bonchev–Trinajstić information content (AvgIpc) is 2.68.